The smallest absolute Gasteiger partial charge is 0.230 e. The number of carbonyl (C=O) groups is 1. The van der Waals surface area contributed by atoms with Gasteiger partial charge in [0, 0.05) is 11.6 Å². The van der Waals surface area contributed by atoms with E-state index < -0.39 is 0 Å². The average molecular weight is 266 g/mol. The maximum atomic E-state index is 12.3. The highest BCUT2D eigenvalue weighted by Gasteiger charge is 2.51. The van der Waals surface area contributed by atoms with Gasteiger partial charge in [0.05, 0.1) is 5.41 Å². The average Bonchev–Trinajstić information content (AvgIpc) is 3.09. The fourth-order valence-corrected chi connectivity index (χ4v) is 2.39. The second-order valence-corrected chi connectivity index (χ2v) is 5.97. The molecular formula is C15H20ClNO. The van der Waals surface area contributed by atoms with Gasteiger partial charge in [-0.15, -0.1) is 0 Å². The quantitative estimate of drug-likeness (QED) is 0.867. The molecule has 1 aromatic rings. The fourth-order valence-electron chi connectivity index (χ4n) is 2.20. The van der Waals surface area contributed by atoms with Crippen LogP contribution in [-0.4, -0.2) is 12.5 Å². The van der Waals surface area contributed by atoms with Gasteiger partial charge >= 0.3 is 0 Å². The first-order valence-corrected chi connectivity index (χ1v) is 6.97. The maximum Gasteiger partial charge on any atom is 0.230 e. The number of rotatable bonds is 5. The third kappa shape index (κ3) is 2.86. The van der Waals surface area contributed by atoms with Gasteiger partial charge in [0.2, 0.25) is 5.91 Å². The molecule has 0 atom stereocenters. The van der Waals surface area contributed by atoms with Crippen LogP contribution in [0.25, 0.3) is 0 Å². The zero-order chi connectivity index (χ0) is 13.2. The van der Waals surface area contributed by atoms with E-state index in [0.29, 0.717) is 10.9 Å². The van der Waals surface area contributed by atoms with Crippen molar-refractivity contribution in [2.75, 3.05) is 6.54 Å². The predicted octanol–water partition coefficient (Wildman–Crippen LogP) is 3.53. The minimum absolute atomic E-state index is 0.158. The topological polar surface area (TPSA) is 29.1 Å². The van der Waals surface area contributed by atoms with Gasteiger partial charge < -0.3 is 5.32 Å². The summed E-state index contributed by atoms with van der Waals surface area (Å²) in [7, 11) is 0. The molecule has 0 saturated heterocycles. The highest BCUT2D eigenvalue weighted by Crippen LogP contribution is 2.48. The minimum Gasteiger partial charge on any atom is -0.355 e. The highest BCUT2D eigenvalue weighted by atomic mass is 35.5. The van der Waals surface area contributed by atoms with Crippen LogP contribution in [0.15, 0.2) is 24.3 Å². The van der Waals surface area contributed by atoms with E-state index in [4.69, 9.17) is 11.6 Å². The van der Waals surface area contributed by atoms with E-state index in [-0.39, 0.29) is 11.3 Å². The lowest BCUT2D eigenvalue weighted by Gasteiger charge is -2.16. The molecule has 1 aliphatic carbocycles. The Morgan fingerprint density at radius 1 is 1.44 bits per heavy atom. The summed E-state index contributed by atoms with van der Waals surface area (Å²) in [6.45, 7) is 5.09. The van der Waals surface area contributed by atoms with Gasteiger partial charge in [0.1, 0.15) is 0 Å². The van der Waals surface area contributed by atoms with E-state index in [1.165, 1.54) is 0 Å². The van der Waals surface area contributed by atoms with Crippen molar-refractivity contribution in [1.82, 2.24) is 5.32 Å². The molecule has 1 aromatic carbocycles. The van der Waals surface area contributed by atoms with E-state index in [1.54, 1.807) is 0 Å². The summed E-state index contributed by atoms with van der Waals surface area (Å²) in [6.07, 6.45) is 2.89. The van der Waals surface area contributed by atoms with Crippen molar-refractivity contribution in [2.45, 2.75) is 38.5 Å². The SMILES string of the molecule is CC(C)CCNC(=O)C1(c2cccc(Cl)c2)CC1. The molecular weight excluding hydrogens is 246 g/mol. The van der Waals surface area contributed by atoms with Gasteiger partial charge in [-0.05, 0) is 42.9 Å². The van der Waals surface area contributed by atoms with Crippen molar-refractivity contribution in [2.24, 2.45) is 5.92 Å². The number of benzene rings is 1. The van der Waals surface area contributed by atoms with E-state index >= 15 is 0 Å². The molecule has 2 nitrogen and oxygen atoms in total. The first-order valence-electron chi connectivity index (χ1n) is 6.59. The number of hydrogen-bond donors (Lipinski definition) is 1. The molecule has 3 heteroatoms. The van der Waals surface area contributed by atoms with Crippen molar-refractivity contribution < 1.29 is 4.79 Å². The Morgan fingerprint density at radius 3 is 2.72 bits per heavy atom. The van der Waals surface area contributed by atoms with Gasteiger partial charge in [-0.1, -0.05) is 37.6 Å². The van der Waals surface area contributed by atoms with E-state index in [2.05, 4.69) is 19.2 Å². The Hall–Kier alpha value is -1.02. The first kappa shape index (κ1) is 13.4. The predicted molar refractivity (Wildman–Crippen MR) is 74.8 cm³/mol. The first-order chi connectivity index (χ1) is 8.54. The molecule has 0 aromatic heterocycles. The molecule has 0 spiro atoms. The molecule has 1 aliphatic rings. The van der Waals surface area contributed by atoms with Gasteiger partial charge in [-0.3, -0.25) is 4.79 Å². The van der Waals surface area contributed by atoms with Crippen molar-refractivity contribution in [1.29, 1.82) is 0 Å². The monoisotopic (exact) mass is 265 g/mol. The normalized spacial score (nSPS) is 16.7. The molecule has 98 valence electrons. The third-order valence-electron chi connectivity index (χ3n) is 3.57. The maximum absolute atomic E-state index is 12.3. The summed E-state index contributed by atoms with van der Waals surface area (Å²) in [5.74, 6) is 0.775. The van der Waals surface area contributed by atoms with Crippen LogP contribution in [0.1, 0.15) is 38.7 Å². The van der Waals surface area contributed by atoms with E-state index in [1.807, 2.05) is 24.3 Å². The van der Waals surface area contributed by atoms with Gasteiger partial charge in [0.15, 0.2) is 0 Å². The van der Waals surface area contributed by atoms with Crippen LogP contribution in [0, 0.1) is 5.92 Å². The summed E-state index contributed by atoms with van der Waals surface area (Å²) < 4.78 is 0. The molecule has 18 heavy (non-hydrogen) atoms. The fraction of sp³-hybridized carbons (Fsp3) is 0.533. The third-order valence-corrected chi connectivity index (χ3v) is 3.80. The van der Waals surface area contributed by atoms with Crippen molar-refractivity contribution in [3.8, 4) is 0 Å². The summed E-state index contributed by atoms with van der Waals surface area (Å²) in [5, 5.41) is 3.76. The lowest BCUT2D eigenvalue weighted by Crippen LogP contribution is -2.35. The second kappa shape index (κ2) is 5.31. The van der Waals surface area contributed by atoms with Crippen LogP contribution in [0.2, 0.25) is 5.02 Å². The molecule has 1 N–H and O–H groups in total. The molecule has 0 unspecified atom stereocenters. The van der Waals surface area contributed by atoms with Gasteiger partial charge in [0.25, 0.3) is 0 Å². The van der Waals surface area contributed by atoms with Crippen LogP contribution < -0.4 is 5.32 Å². The number of nitrogens with one attached hydrogen (secondary N) is 1. The molecule has 0 heterocycles. The van der Waals surface area contributed by atoms with Gasteiger partial charge in [-0.2, -0.15) is 0 Å². The summed E-state index contributed by atoms with van der Waals surface area (Å²) in [4.78, 5) is 12.3. The van der Waals surface area contributed by atoms with Crippen molar-refractivity contribution >= 4 is 17.5 Å². The molecule has 0 aliphatic heterocycles. The second-order valence-electron chi connectivity index (χ2n) is 5.53. The van der Waals surface area contributed by atoms with Gasteiger partial charge in [-0.25, -0.2) is 0 Å². The molecule has 1 saturated carbocycles. The van der Waals surface area contributed by atoms with Crippen molar-refractivity contribution in [3.63, 3.8) is 0 Å². The molecule has 0 bridgehead atoms. The zero-order valence-corrected chi connectivity index (χ0v) is 11.8. The highest BCUT2D eigenvalue weighted by molar-refractivity contribution is 6.30. The Bertz CT molecular complexity index is 438. The lowest BCUT2D eigenvalue weighted by atomic mass is 9.95. The Kier molecular flexibility index (Phi) is 3.96. The molecule has 2 rings (SSSR count). The summed E-state index contributed by atoms with van der Waals surface area (Å²) >= 11 is 6.00. The Labute approximate surface area is 114 Å². The minimum atomic E-state index is -0.304. The zero-order valence-electron chi connectivity index (χ0n) is 11.0. The Morgan fingerprint density at radius 2 is 2.17 bits per heavy atom. The number of hydrogen-bond acceptors (Lipinski definition) is 1. The molecule has 1 fully saturated rings. The van der Waals surface area contributed by atoms with Crippen LogP contribution in [0.4, 0.5) is 0 Å². The van der Waals surface area contributed by atoms with Crippen molar-refractivity contribution in [3.05, 3.63) is 34.9 Å². The number of carbonyl (C=O) groups excluding carboxylic acids is 1. The standard InChI is InChI=1S/C15H20ClNO/c1-11(2)6-9-17-14(18)15(7-8-15)12-4-3-5-13(16)10-12/h3-5,10-11H,6-9H2,1-2H3,(H,17,18). The number of halogens is 1. The largest absolute Gasteiger partial charge is 0.355 e. The lowest BCUT2D eigenvalue weighted by molar-refractivity contribution is -0.123. The summed E-state index contributed by atoms with van der Waals surface area (Å²) in [5.41, 5.74) is 0.749. The number of amides is 1. The Balaban J connectivity index is 2.01. The molecule has 1 amide bonds. The van der Waals surface area contributed by atoms with Crippen LogP contribution in [0.3, 0.4) is 0 Å². The molecule has 0 radical (unpaired) electrons. The van der Waals surface area contributed by atoms with Crippen LogP contribution in [0.5, 0.6) is 0 Å². The van der Waals surface area contributed by atoms with E-state index in [9.17, 15) is 4.79 Å². The van der Waals surface area contributed by atoms with Crippen LogP contribution >= 0.6 is 11.6 Å². The van der Waals surface area contributed by atoms with Crippen LogP contribution in [-0.2, 0) is 10.2 Å². The summed E-state index contributed by atoms with van der Waals surface area (Å²) in [6, 6.07) is 7.68. The van der Waals surface area contributed by atoms with E-state index in [0.717, 1.165) is 31.4 Å².